The van der Waals surface area contributed by atoms with Crippen LogP contribution in [0.5, 0.6) is 0 Å². The molecule has 0 aliphatic rings. The smallest absolute Gasteiger partial charge is 0.156 e. The van der Waals surface area contributed by atoms with Crippen LogP contribution >= 0.6 is 0 Å². The van der Waals surface area contributed by atoms with Crippen molar-refractivity contribution in [2.24, 2.45) is 0 Å². The lowest BCUT2D eigenvalue weighted by Gasteiger charge is -2.03. The molecule has 2 rings (SSSR count). The first-order valence-corrected chi connectivity index (χ1v) is 4.86. The minimum absolute atomic E-state index is 0.947. The Morgan fingerprint density at radius 1 is 0.857 bits per heavy atom. The Labute approximate surface area is 84.0 Å². The number of nitrogens with zero attached hydrogens (tertiary/aromatic N) is 1. The molecule has 0 fully saturated rings. The van der Waals surface area contributed by atoms with Crippen LogP contribution in [-0.2, 0) is 0 Å². The number of hydrogen-bond acceptors (Lipinski definition) is 2. The highest BCUT2D eigenvalue weighted by atomic mass is 16.3. The molecular weight excluding hydrogens is 174 g/mol. The van der Waals surface area contributed by atoms with Gasteiger partial charge < -0.3 is 4.42 Å². The molecule has 0 atom stereocenters. The van der Waals surface area contributed by atoms with E-state index in [0.717, 1.165) is 22.7 Å². The van der Waals surface area contributed by atoms with Crippen LogP contribution in [0.3, 0.4) is 0 Å². The number of aryl methyl sites for hydroxylation is 5. The maximum absolute atomic E-state index is 5.70. The molecule has 0 saturated carbocycles. The van der Waals surface area contributed by atoms with Crippen molar-refractivity contribution in [2.75, 3.05) is 0 Å². The van der Waals surface area contributed by atoms with Gasteiger partial charge in [-0.25, -0.2) is 0 Å². The minimum atomic E-state index is 0.947. The number of rotatable bonds is 0. The van der Waals surface area contributed by atoms with E-state index in [2.05, 4.69) is 18.8 Å². The molecule has 0 radical (unpaired) electrons. The summed E-state index contributed by atoms with van der Waals surface area (Å²) in [7, 11) is 0. The second-order valence-electron chi connectivity index (χ2n) is 3.89. The Hall–Kier alpha value is -1.31. The molecule has 2 heteroatoms. The minimum Gasteiger partial charge on any atom is -0.459 e. The van der Waals surface area contributed by atoms with Gasteiger partial charge in [-0.2, -0.15) is 0 Å². The van der Waals surface area contributed by atoms with Gasteiger partial charge in [0.1, 0.15) is 5.76 Å². The number of aromatic nitrogens is 1. The molecule has 14 heavy (non-hydrogen) atoms. The lowest BCUT2D eigenvalue weighted by molar-refractivity contribution is 0.571. The van der Waals surface area contributed by atoms with E-state index in [-0.39, 0.29) is 0 Å². The van der Waals surface area contributed by atoms with E-state index in [0.29, 0.717) is 0 Å². The van der Waals surface area contributed by atoms with Gasteiger partial charge in [-0.15, -0.1) is 0 Å². The largest absolute Gasteiger partial charge is 0.459 e. The van der Waals surface area contributed by atoms with Gasteiger partial charge in [0.05, 0.1) is 5.69 Å². The third-order valence-electron chi connectivity index (χ3n) is 2.97. The van der Waals surface area contributed by atoms with E-state index >= 15 is 0 Å². The van der Waals surface area contributed by atoms with Crippen LogP contribution in [0, 0.1) is 34.6 Å². The average molecular weight is 189 g/mol. The first kappa shape index (κ1) is 9.25. The third kappa shape index (κ3) is 1.07. The molecule has 2 aromatic heterocycles. The van der Waals surface area contributed by atoms with Crippen molar-refractivity contribution in [2.45, 2.75) is 34.6 Å². The summed E-state index contributed by atoms with van der Waals surface area (Å²) < 4.78 is 5.70. The van der Waals surface area contributed by atoms with Crippen LogP contribution in [0.25, 0.3) is 11.0 Å². The van der Waals surface area contributed by atoms with Crippen LogP contribution in [0.15, 0.2) is 4.42 Å². The summed E-state index contributed by atoms with van der Waals surface area (Å²) in [6.45, 7) is 10.3. The van der Waals surface area contributed by atoms with E-state index in [9.17, 15) is 0 Å². The summed E-state index contributed by atoms with van der Waals surface area (Å²) >= 11 is 0. The molecular formula is C12H15NO. The quantitative estimate of drug-likeness (QED) is 0.635. The van der Waals surface area contributed by atoms with Gasteiger partial charge in [-0.1, -0.05) is 0 Å². The predicted molar refractivity (Wildman–Crippen MR) is 57.7 cm³/mol. The molecule has 0 saturated heterocycles. The highest BCUT2D eigenvalue weighted by Gasteiger charge is 2.13. The maximum atomic E-state index is 5.70. The summed E-state index contributed by atoms with van der Waals surface area (Å²) in [4.78, 5) is 4.46. The van der Waals surface area contributed by atoms with E-state index in [1.165, 1.54) is 16.5 Å². The fourth-order valence-corrected chi connectivity index (χ4v) is 1.90. The highest BCUT2D eigenvalue weighted by Crippen LogP contribution is 2.30. The second kappa shape index (κ2) is 2.84. The van der Waals surface area contributed by atoms with Crippen molar-refractivity contribution in [3.63, 3.8) is 0 Å². The van der Waals surface area contributed by atoms with Crippen LogP contribution in [-0.4, -0.2) is 4.98 Å². The Balaban J connectivity index is 3.03. The molecule has 2 aromatic rings. The number of furan rings is 1. The second-order valence-corrected chi connectivity index (χ2v) is 3.89. The summed E-state index contributed by atoms with van der Waals surface area (Å²) in [5, 5.41) is 1.24. The van der Waals surface area contributed by atoms with Crippen molar-refractivity contribution in [1.29, 1.82) is 0 Å². The Morgan fingerprint density at radius 3 is 2.14 bits per heavy atom. The van der Waals surface area contributed by atoms with Crippen molar-refractivity contribution < 1.29 is 4.42 Å². The van der Waals surface area contributed by atoms with Crippen molar-refractivity contribution in [3.05, 3.63) is 28.3 Å². The van der Waals surface area contributed by atoms with Gasteiger partial charge in [0, 0.05) is 11.1 Å². The van der Waals surface area contributed by atoms with Crippen LogP contribution in [0.4, 0.5) is 0 Å². The first-order chi connectivity index (χ1) is 6.52. The molecule has 74 valence electrons. The topological polar surface area (TPSA) is 26.0 Å². The summed E-state index contributed by atoms with van der Waals surface area (Å²) in [6.07, 6.45) is 0. The first-order valence-electron chi connectivity index (χ1n) is 4.86. The van der Waals surface area contributed by atoms with Crippen molar-refractivity contribution >= 4 is 11.0 Å². The number of pyridine rings is 1. The molecule has 0 unspecified atom stereocenters. The molecule has 0 N–H and O–H groups in total. The van der Waals surface area contributed by atoms with Crippen LogP contribution in [0.1, 0.15) is 28.3 Å². The zero-order valence-corrected chi connectivity index (χ0v) is 9.36. The lowest BCUT2D eigenvalue weighted by atomic mass is 10.1. The third-order valence-corrected chi connectivity index (χ3v) is 2.97. The predicted octanol–water partition coefficient (Wildman–Crippen LogP) is 3.37. The van der Waals surface area contributed by atoms with Gasteiger partial charge in [0.25, 0.3) is 0 Å². The standard InChI is InChI=1S/C12H15NO/c1-6-8(3)13-9(4)12-11(6)7(2)10(5)14-12/h1-5H3. The van der Waals surface area contributed by atoms with Crippen molar-refractivity contribution in [1.82, 2.24) is 4.98 Å². The monoisotopic (exact) mass is 189 g/mol. The maximum Gasteiger partial charge on any atom is 0.156 e. The SMILES string of the molecule is Cc1nc(C)c2oc(C)c(C)c2c1C. The van der Waals surface area contributed by atoms with Crippen LogP contribution < -0.4 is 0 Å². The Kier molecular flexibility index (Phi) is 1.88. The Bertz CT molecular complexity index is 509. The Morgan fingerprint density at radius 2 is 1.50 bits per heavy atom. The molecule has 0 amide bonds. The molecule has 0 aliphatic carbocycles. The zero-order valence-electron chi connectivity index (χ0n) is 9.36. The molecule has 0 spiro atoms. The fourth-order valence-electron chi connectivity index (χ4n) is 1.90. The van der Waals surface area contributed by atoms with Gasteiger partial charge in [0.2, 0.25) is 0 Å². The molecule has 0 aromatic carbocycles. The number of fused-ring (bicyclic) bond motifs is 1. The summed E-state index contributed by atoms with van der Waals surface area (Å²) in [6, 6.07) is 0. The molecule has 2 heterocycles. The van der Waals surface area contributed by atoms with Crippen molar-refractivity contribution in [3.8, 4) is 0 Å². The van der Waals surface area contributed by atoms with Crippen LogP contribution in [0.2, 0.25) is 0 Å². The molecule has 0 aliphatic heterocycles. The van der Waals surface area contributed by atoms with E-state index in [1.807, 2.05) is 20.8 Å². The van der Waals surface area contributed by atoms with E-state index < -0.39 is 0 Å². The summed E-state index contributed by atoms with van der Waals surface area (Å²) in [5.74, 6) is 0.999. The highest BCUT2D eigenvalue weighted by molar-refractivity contribution is 5.87. The number of hydrogen-bond donors (Lipinski definition) is 0. The fraction of sp³-hybridized carbons (Fsp3) is 0.417. The summed E-state index contributed by atoms with van der Waals surface area (Å²) in [5.41, 5.74) is 5.51. The molecule has 0 bridgehead atoms. The van der Waals surface area contributed by atoms with Gasteiger partial charge >= 0.3 is 0 Å². The van der Waals surface area contributed by atoms with E-state index in [4.69, 9.17) is 4.42 Å². The zero-order chi connectivity index (χ0) is 10.5. The normalized spacial score (nSPS) is 11.2. The van der Waals surface area contributed by atoms with Gasteiger partial charge in [-0.3, -0.25) is 4.98 Å². The molecule has 2 nitrogen and oxygen atoms in total. The average Bonchev–Trinajstić information content (AvgIpc) is 2.41. The van der Waals surface area contributed by atoms with Gasteiger partial charge in [-0.05, 0) is 45.7 Å². The lowest BCUT2D eigenvalue weighted by Crippen LogP contribution is -1.91. The van der Waals surface area contributed by atoms with E-state index in [1.54, 1.807) is 0 Å². The van der Waals surface area contributed by atoms with Gasteiger partial charge in [0.15, 0.2) is 5.58 Å².